The second-order valence-electron chi connectivity index (χ2n) is 7.31. The number of anilines is 1. The van der Waals surface area contributed by atoms with Crippen molar-refractivity contribution in [1.29, 1.82) is 0 Å². The largest absolute Gasteiger partial charge is 0.507 e. The van der Waals surface area contributed by atoms with Gasteiger partial charge in [-0.15, -0.1) is 11.3 Å². The van der Waals surface area contributed by atoms with Crippen molar-refractivity contribution >= 4 is 40.7 Å². The molecule has 4 aromatic rings. The SMILES string of the molecule is CC(=O)Nc1ccc(/C=N\n2c(-c3ccc(O)c(C(N)=O)c3)csc2=Nc2ccccc2)cc1. The molecule has 0 fully saturated rings. The second kappa shape index (κ2) is 9.97. The Labute approximate surface area is 199 Å². The number of primary amides is 1. The fourth-order valence-corrected chi connectivity index (χ4v) is 4.03. The van der Waals surface area contributed by atoms with Crippen molar-refractivity contribution < 1.29 is 14.7 Å². The number of benzene rings is 3. The zero-order valence-electron chi connectivity index (χ0n) is 18.2. The van der Waals surface area contributed by atoms with Gasteiger partial charge in [-0.25, -0.2) is 9.67 Å². The van der Waals surface area contributed by atoms with Crippen molar-refractivity contribution in [2.75, 3.05) is 5.32 Å². The highest BCUT2D eigenvalue weighted by atomic mass is 32.1. The fraction of sp³-hybridized carbons (Fsp3) is 0.0400. The van der Waals surface area contributed by atoms with E-state index in [1.165, 1.54) is 30.4 Å². The summed E-state index contributed by atoms with van der Waals surface area (Å²) in [7, 11) is 0. The van der Waals surface area contributed by atoms with Gasteiger partial charge in [0.15, 0.2) is 0 Å². The van der Waals surface area contributed by atoms with E-state index in [0.717, 1.165) is 11.3 Å². The van der Waals surface area contributed by atoms with E-state index < -0.39 is 5.91 Å². The smallest absolute Gasteiger partial charge is 0.252 e. The van der Waals surface area contributed by atoms with E-state index in [4.69, 9.17) is 10.7 Å². The number of hydrogen-bond donors (Lipinski definition) is 3. The van der Waals surface area contributed by atoms with Crippen LogP contribution in [-0.2, 0) is 4.79 Å². The summed E-state index contributed by atoms with van der Waals surface area (Å²) in [5.41, 5.74) is 9.02. The fourth-order valence-electron chi connectivity index (χ4n) is 3.17. The maximum absolute atomic E-state index is 11.7. The lowest BCUT2D eigenvalue weighted by atomic mass is 10.1. The highest BCUT2D eigenvalue weighted by Gasteiger charge is 2.13. The molecule has 0 aliphatic heterocycles. The summed E-state index contributed by atoms with van der Waals surface area (Å²) in [6, 6.07) is 21.4. The molecule has 0 bridgehead atoms. The van der Waals surface area contributed by atoms with Crippen LogP contribution in [-0.4, -0.2) is 27.8 Å². The van der Waals surface area contributed by atoms with Gasteiger partial charge in [-0.2, -0.15) is 5.10 Å². The van der Waals surface area contributed by atoms with Crippen molar-refractivity contribution in [3.63, 3.8) is 0 Å². The Hall–Kier alpha value is -4.50. The molecule has 0 spiro atoms. The van der Waals surface area contributed by atoms with Crippen LogP contribution in [0.15, 0.2) is 88.3 Å². The van der Waals surface area contributed by atoms with E-state index in [1.54, 1.807) is 29.1 Å². The van der Waals surface area contributed by atoms with Gasteiger partial charge in [-0.1, -0.05) is 30.3 Å². The zero-order valence-corrected chi connectivity index (χ0v) is 19.0. The average molecular weight is 472 g/mol. The van der Waals surface area contributed by atoms with E-state index in [9.17, 15) is 14.7 Å². The molecule has 1 heterocycles. The Morgan fingerprint density at radius 2 is 1.79 bits per heavy atom. The predicted octanol–water partition coefficient (Wildman–Crippen LogP) is 4.09. The molecule has 0 unspecified atom stereocenters. The number of hydrogen-bond acceptors (Lipinski definition) is 6. The van der Waals surface area contributed by atoms with E-state index in [-0.39, 0.29) is 17.2 Å². The molecule has 0 saturated heterocycles. The molecule has 0 aliphatic rings. The first-order chi connectivity index (χ1) is 16.4. The monoisotopic (exact) mass is 471 g/mol. The van der Waals surface area contributed by atoms with Crippen LogP contribution >= 0.6 is 11.3 Å². The minimum Gasteiger partial charge on any atom is -0.507 e. The Kier molecular flexibility index (Phi) is 6.65. The van der Waals surface area contributed by atoms with Crippen LogP contribution < -0.4 is 15.9 Å². The number of aromatic hydroxyl groups is 1. The maximum Gasteiger partial charge on any atom is 0.252 e. The minimum atomic E-state index is -0.724. The zero-order chi connectivity index (χ0) is 24.1. The lowest BCUT2D eigenvalue weighted by Gasteiger charge is -2.07. The Bertz CT molecular complexity index is 1440. The maximum atomic E-state index is 11.7. The molecule has 0 radical (unpaired) electrons. The van der Waals surface area contributed by atoms with Gasteiger partial charge in [0.1, 0.15) is 5.75 Å². The topological polar surface area (TPSA) is 122 Å². The molecular formula is C25H21N5O3S. The van der Waals surface area contributed by atoms with Gasteiger partial charge in [0.05, 0.1) is 23.2 Å². The molecule has 0 atom stereocenters. The number of carbonyl (C=O) groups is 2. The Morgan fingerprint density at radius 3 is 2.47 bits per heavy atom. The third kappa shape index (κ3) is 5.28. The molecule has 170 valence electrons. The summed E-state index contributed by atoms with van der Waals surface area (Å²) in [5, 5.41) is 19.2. The third-order valence-electron chi connectivity index (χ3n) is 4.78. The van der Waals surface area contributed by atoms with E-state index in [1.807, 2.05) is 47.8 Å². The van der Waals surface area contributed by atoms with E-state index in [0.29, 0.717) is 21.7 Å². The van der Waals surface area contributed by atoms with Gasteiger partial charge in [0.25, 0.3) is 5.91 Å². The summed E-state index contributed by atoms with van der Waals surface area (Å²) < 4.78 is 1.66. The molecule has 4 N–H and O–H groups in total. The van der Waals surface area contributed by atoms with Crippen LogP contribution in [0.1, 0.15) is 22.8 Å². The van der Waals surface area contributed by atoms with Crippen molar-refractivity contribution in [1.82, 2.24) is 4.68 Å². The van der Waals surface area contributed by atoms with Crippen LogP contribution in [0.25, 0.3) is 11.3 Å². The first kappa shape index (κ1) is 22.7. The summed E-state index contributed by atoms with van der Waals surface area (Å²) in [5.74, 6) is -1.05. The number of rotatable bonds is 6. The Morgan fingerprint density at radius 1 is 1.06 bits per heavy atom. The summed E-state index contributed by atoms with van der Waals surface area (Å²) in [6.45, 7) is 1.45. The molecule has 34 heavy (non-hydrogen) atoms. The summed E-state index contributed by atoms with van der Waals surface area (Å²) >= 11 is 1.39. The first-order valence-electron chi connectivity index (χ1n) is 10.3. The van der Waals surface area contributed by atoms with E-state index in [2.05, 4.69) is 10.4 Å². The highest BCUT2D eigenvalue weighted by molar-refractivity contribution is 7.07. The van der Waals surface area contributed by atoms with Crippen molar-refractivity contribution in [3.8, 4) is 17.0 Å². The van der Waals surface area contributed by atoms with Gasteiger partial charge >= 0.3 is 0 Å². The number of aromatic nitrogens is 1. The summed E-state index contributed by atoms with van der Waals surface area (Å²) in [6.07, 6.45) is 1.67. The van der Waals surface area contributed by atoms with Gasteiger partial charge in [0, 0.05) is 23.6 Å². The van der Waals surface area contributed by atoms with Gasteiger partial charge in [-0.05, 0) is 48.0 Å². The lowest BCUT2D eigenvalue weighted by Crippen LogP contribution is -2.13. The number of carbonyl (C=O) groups excluding carboxylic acids is 2. The second-order valence-corrected chi connectivity index (χ2v) is 8.14. The quantitative estimate of drug-likeness (QED) is 0.367. The molecule has 0 aliphatic carbocycles. The third-order valence-corrected chi connectivity index (χ3v) is 5.59. The van der Waals surface area contributed by atoms with Crippen LogP contribution in [0.5, 0.6) is 5.75 Å². The molecule has 4 rings (SSSR count). The van der Waals surface area contributed by atoms with Gasteiger partial charge in [0.2, 0.25) is 10.7 Å². The first-order valence-corrected chi connectivity index (χ1v) is 11.1. The number of nitrogens with one attached hydrogen (secondary N) is 1. The van der Waals surface area contributed by atoms with Gasteiger partial charge in [-0.3, -0.25) is 9.59 Å². The lowest BCUT2D eigenvalue weighted by molar-refractivity contribution is -0.114. The minimum absolute atomic E-state index is 0.0225. The molecule has 9 heteroatoms. The van der Waals surface area contributed by atoms with Gasteiger partial charge < -0.3 is 16.2 Å². The number of phenols is 1. The average Bonchev–Trinajstić information content (AvgIpc) is 3.21. The van der Waals surface area contributed by atoms with Crippen LogP contribution in [0.4, 0.5) is 11.4 Å². The molecular weight excluding hydrogens is 450 g/mol. The number of thiazole rings is 1. The molecule has 2 amide bonds. The Balaban J connectivity index is 1.79. The van der Waals surface area contributed by atoms with E-state index >= 15 is 0 Å². The van der Waals surface area contributed by atoms with Crippen molar-refractivity contribution in [2.24, 2.45) is 15.8 Å². The number of amides is 2. The van der Waals surface area contributed by atoms with Crippen molar-refractivity contribution in [2.45, 2.75) is 6.92 Å². The van der Waals surface area contributed by atoms with Crippen molar-refractivity contribution in [3.05, 3.63) is 94.1 Å². The number of nitrogens with two attached hydrogens (primary N) is 1. The normalized spacial score (nSPS) is 11.6. The number of nitrogens with zero attached hydrogens (tertiary/aromatic N) is 3. The predicted molar refractivity (Wildman–Crippen MR) is 133 cm³/mol. The van der Waals surface area contributed by atoms with Crippen LogP contribution in [0.2, 0.25) is 0 Å². The molecule has 8 nitrogen and oxygen atoms in total. The standard InChI is InChI=1S/C25H21N5O3S/c1-16(31)28-20-10-7-17(8-11-20)14-27-30-22(18-9-12-23(32)21(13-18)24(26)33)15-34-25(30)29-19-5-3-2-4-6-19/h2-15,32H,1H3,(H2,26,33)(H,28,31)/b27-14-,29-25?. The highest BCUT2D eigenvalue weighted by Crippen LogP contribution is 2.26. The molecule has 0 saturated carbocycles. The van der Waals surface area contributed by atoms with Crippen LogP contribution in [0.3, 0.4) is 0 Å². The van der Waals surface area contributed by atoms with Crippen LogP contribution in [0, 0.1) is 0 Å². The summed E-state index contributed by atoms with van der Waals surface area (Å²) in [4.78, 5) is 28.3. The molecule has 1 aromatic heterocycles. The molecule has 3 aromatic carbocycles. The number of para-hydroxylation sites is 1.